The number of phenolic OH excluding ortho intramolecular Hbond substituents is 2. The molecular formula is C16H16BrNO3. The molecule has 3 N–H and O–H groups in total. The number of amides is 1. The van der Waals surface area contributed by atoms with Gasteiger partial charge in [0.25, 0.3) is 5.91 Å². The van der Waals surface area contributed by atoms with Crippen molar-refractivity contribution in [2.24, 2.45) is 0 Å². The molecule has 0 aromatic heterocycles. The van der Waals surface area contributed by atoms with Crippen LogP contribution < -0.4 is 5.32 Å². The number of halogens is 1. The SMILES string of the molecule is O=C(NC(CBr)Cc1ccccc1)c1cc(O)cc(O)c1. The van der Waals surface area contributed by atoms with E-state index < -0.39 is 0 Å². The molecule has 1 atom stereocenters. The minimum absolute atomic E-state index is 0.0793. The predicted molar refractivity (Wildman–Crippen MR) is 85.0 cm³/mol. The summed E-state index contributed by atoms with van der Waals surface area (Å²) in [5.74, 6) is -0.612. The van der Waals surface area contributed by atoms with Gasteiger partial charge in [-0.15, -0.1) is 0 Å². The highest BCUT2D eigenvalue weighted by Gasteiger charge is 2.14. The highest BCUT2D eigenvalue weighted by molar-refractivity contribution is 9.09. The first-order chi connectivity index (χ1) is 10.1. The van der Waals surface area contributed by atoms with E-state index in [1.54, 1.807) is 0 Å². The topological polar surface area (TPSA) is 69.6 Å². The zero-order chi connectivity index (χ0) is 15.2. The second-order valence-corrected chi connectivity index (χ2v) is 5.40. The lowest BCUT2D eigenvalue weighted by molar-refractivity contribution is 0.0940. The molecule has 0 saturated carbocycles. The number of aromatic hydroxyl groups is 2. The van der Waals surface area contributed by atoms with Crippen LogP contribution in [0.1, 0.15) is 15.9 Å². The van der Waals surface area contributed by atoms with E-state index in [1.807, 2.05) is 30.3 Å². The van der Waals surface area contributed by atoms with Crippen molar-refractivity contribution in [3.05, 3.63) is 59.7 Å². The molecule has 2 aromatic carbocycles. The van der Waals surface area contributed by atoms with Crippen LogP contribution in [0.5, 0.6) is 11.5 Å². The van der Waals surface area contributed by atoms with Gasteiger partial charge in [-0.2, -0.15) is 0 Å². The van der Waals surface area contributed by atoms with Crippen LogP contribution in [0.2, 0.25) is 0 Å². The van der Waals surface area contributed by atoms with Crippen molar-refractivity contribution < 1.29 is 15.0 Å². The van der Waals surface area contributed by atoms with Crippen molar-refractivity contribution in [2.45, 2.75) is 12.5 Å². The van der Waals surface area contributed by atoms with Crippen LogP contribution in [0.15, 0.2) is 48.5 Å². The Kier molecular flexibility index (Phi) is 5.22. The van der Waals surface area contributed by atoms with Crippen LogP contribution in [-0.4, -0.2) is 27.5 Å². The minimum Gasteiger partial charge on any atom is -0.508 e. The van der Waals surface area contributed by atoms with E-state index in [0.29, 0.717) is 11.8 Å². The number of phenols is 2. The summed E-state index contributed by atoms with van der Waals surface area (Å²) >= 11 is 3.39. The maximum atomic E-state index is 12.2. The Morgan fingerprint density at radius 1 is 1.10 bits per heavy atom. The average molecular weight is 350 g/mol. The average Bonchev–Trinajstić information content (AvgIpc) is 2.46. The quantitative estimate of drug-likeness (QED) is 0.727. The number of carbonyl (C=O) groups is 1. The van der Waals surface area contributed by atoms with Gasteiger partial charge in [-0.25, -0.2) is 0 Å². The third-order valence-electron chi connectivity index (χ3n) is 3.01. The molecular weight excluding hydrogens is 334 g/mol. The van der Waals surface area contributed by atoms with Gasteiger partial charge >= 0.3 is 0 Å². The lowest BCUT2D eigenvalue weighted by Crippen LogP contribution is -2.37. The van der Waals surface area contributed by atoms with Crippen LogP contribution in [-0.2, 0) is 6.42 Å². The number of benzene rings is 2. The van der Waals surface area contributed by atoms with Crippen molar-refractivity contribution >= 4 is 21.8 Å². The number of hydrogen-bond acceptors (Lipinski definition) is 3. The third-order valence-corrected chi connectivity index (χ3v) is 3.79. The zero-order valence-corrected chi connectivity index (χ0v) is 12.9. The molecule has 0 aliphatic heterocycles. The van der Waals surface area contributed by atoms with E-state index in [-0.39, 0.29) is 29.0 Å². The Morgan fingerprint density at radius 2 is 1.71 bits per heavy atom. The summed E-state index contributed by atoms with van der Waals surface area (Å²) in [7, 11) is 0. The fraction of sp³-hybridized carbons (Fsp3) is 0.188. The molecule has 110 valence electrons. The third kappa shape index (κ3) is 4.49. The van der Waals surface area contributed by atoms with E-state index in [1.165, 1.54) is 18.2 Å². The number of carbonyl (C=O) groups excluding carboxylic acids is 1. The van der Waals surface area contributed by atoms with E-state index in [9.17, 15) is 15.0 Å². The molecule has 2 aromatic rings. The monoisotopic (exact) mass is 349 g/mol. The van der Waals surface area contributed by atoms with E-state index in [0.717, 1.165) is 5.56 Å². The van der Waals surface area contributed by atoms with Gasteiger partial charge < -0.3 is 15.5 Å². The molecule has 1 amide bonds. The summed E-state index contributed by atoms with van der Waals surface area (Å²) < 4.78 is 0. The molecule has 0 saturated heterocycles. The van der Waals surface area contributed by atoms with Crippen molar-refractivity contribution in [1.29, 1.82) is 0 Å². The highest BCUT2D eigenvalue weighted by Crippen LogP contribution is 2.20. The maximum Gasteiger partial charge on any atom is 0.251 e. The van der Waals surface area contributed by atoms with Gasteiger partial charge in [-0.3, -0.25) is 4.79 Å². The first-order valence-electron chi connectivity index (χ1n) is 6.52. The Balaban J connectivity index is 2.05. The minimum atomic E-state index is -0.332. The van der Waals surface area contributed by atoms with Crippen LogP contribution >= 0.6 is 15.9 Å². The van der Waals surface area contributed by atoms with Gasteiger partial charge in [-0.1, -0.05) is 46.3 Å². The van der Waals surface area contributed by atoms with Crippen molar-refractivity contribution in [2.75, 3.05) is 5.33 Å². The number of rotatable bonds is 5. The first-order valence-corrected chi connectivity index (χ1v) is 7.64. The molecule has 0 aliphatic carbocycles. The number of nitrogens with one attached hydrogen (secondary N) is 1. The van der Waals surface area contributed by atoms with E-state index in [2.05, 4.69) is 21.2 Å². The van der Waals surface area contributed by atoms with Gasteiger partial charge in [0, 0.05) is 23.0 Å². The number of alkyl halides is 1. The van der Waals surface area contributed by atoms with Crippen LogP contribution in [0, 0.1) is 0 Å². The molecule has 0 fully saturated rings. The fourth-order valence-electron chi connectivity index (χ4n) is 2.04. The highest BCUT2D eigenvalue weighted by atomic mass is 79.9. The summed E-state index contributed by atoms with van der Waals surface area (Å²) in [6.45, 7) is 0. The van der Waals surface area contributed by atoms with Gasteiger partial charge in [-0.05, 0) is 24.1 Å². The van der Waals surface area contributed by atoms with Gasteiger partial charge in [0.1, 0.15) is 11.5 Å². The second-order valence-electron chi connectivity index (χ2n) is 4.75. The normalized spacial score (nSPS) is 11.9. The number of hydrogen-bond donors (Lipinski definition) is 3. The largest absolute Gasteiger partial charge is 0.508 e. The maximum absolute atomic E-state index is 12.2. The molecule has 0 spiro atoms. The Bertz CT molecular complexity index is 596. The van der Waals surface area contributed by atoms with E-state index >= 15 is 0 Å². The molecule has 0 radical (unpaired) electrons. The van der Waals surface area contributed by atoms with Crippen LogP contribution in [0.3, 0.4) is 0 Å². The fourth-order valence-corrected chi connectivity index (χ4v) is 2.43. The molecule has 2 rings (SSSR count). The standard InChI is InChI=1S/C16H16BrNO3/c17-10-13(6-11-4-2-1-3-5-11)18-16(21)12-7-14(19)9-15(20)8-12/h1-5,7-9,13,19-20H,6,10H2,(H,18,21). The summed E-state index contributed by atoms with van der Waals surface area (Å²) in [6, 6.07) is 13.6. The van der Waals surface area contributed by atoms with Gasteiger partial charge in [0.2, 0.25) is 0 Å². The summed E-state index contributed by atoms with van der Waals surface area (Å²) in [5.41, 5.74) is 1.35. The lowest BCUT2D eigenvalue weighted by atomic mass is 10.1. The Hall–Kier alpha value is -2.01. The molecule has 1 unspecified atom stereocenters. The molecule has 0 heterocycles. The van der Waals surface area contributed by atoms with Gasteiger partial charge in [0.05, 0.1) is 0 Å². The smallest absolute Gasteiger partial charge is 0.251 e. The molecule has 4 nitrogen and oxygen atoms in total. The van der Waals surface area contributed by atoms with Gasteiger partial charge in [0.15, 0.2) is 0 Å². The molecule has 0 bridgehead atoms. The molecule has 21 heavy (non-hydrogen) atoms. The van der Waals surface area contributed by atoms with Crippen LogP contribution in [0.4, 0.5) is 0 Å². The Morgan fingerprint density at radius 3 is 2.29 bits per heavy atom. The zero-order valence-electron chi connectivity index (χ0n) is 11.3. The first kappa shape index (κ1) is 15.4. The Labute approximate surface area is 131 Å². The second kappa shape index (κ2) is 7.13. The van der Waals surface area contributed by atoms with Crippen LogP contribution in [0.25, 0.3) is 0 Å². The molecule has 5 heteroatoms. The van der Waals surface area contributed by atoms with Crippen molar-refractivity contribution in [3.63, 3.8) is 0 Å². The predicted octanol–water partition coefficient (Wildman–Crippen LogP) is 2.83. The van der Waals surface area contributed by atoms with Crippen molar-refractivity contribution in [3.8, 4) is 11.5 Å². The summed E-state index contributed by atoms with van der Waals surface area (Å²) in [5, 5.41) is 22.3. The lowest BCUT2D eigenvalue weighted by Gasteiger charge is -2.16. The summed E-state index contributed by atoms with van der Waals surface area (Å²) in [4.78, 5) is 12.2. The van der Waals surface area contributed by atoms with Crippen molar-refractivity contribution in [1.82, 2.24) is 5.32 Å². The molecule has 0 aliphatic rings. The summed E-state index contributed by atoms with van der Waals surface area (Å²) in [6.07, 6.45) is 0.697. The van der Waals surface area contributed by atoms with E-state index in [4.69, 9.17) is 0 Å².